The van der Waals surface area contributed by atoms with Crippen molar-refractivity contribution < 1.29 is 9.13 Å². The van der Waals surface area contributed by atoms with E-state index in [9.17, 15) is 4.39 Å². The quantitative estimate of drug-likeness (QED) is 0.912. The molecule has 19 heavy (non-hydrogen) atoms. The zero-order valence-electron chi connectivity index (χ0n) is 11.1. The summed E-state index contributed by atoms with van der Waals surface area (Å²) in [4.78, 5) is 0. The van der Waals surface area contributed by atoms with Gasteiger partial charge in [0, 0.05) is 0 Å². The molecule has 0 amide bonds. The molecule has 1 N–H and O–H groups in total. The van der Waals surface area contributed by atoms with Crippen LogP contribution in [0.4, 0.5) is 9.52 Å². The summed E-state index contributed by atoms with van der Waals surface area (Å²) in [6.45, 7) is 3.89. The van der Waals surface area contributed by atoms with E-state index >= 15 is 0 Å². The zero-order chi connectivity index (χ0) is 13.8. The lowest BCUT2D eigenvalue weighted by Crippen LogP contribution is -2.10. The first-order chi connectivity index (χ1) is 9.15. The fraction of sp³-hybridized carbons (Fsp3) is 0.385. The molecule has 0 bridgehead atoms. The Hall–Kier alpha value is -1.69. The first-order valence-corrected chi connectivity index (χ1v) is 6.88. The van der Waals surface area contributed by atoms with Crippen molar-refractivity contribution >= 4 is 16.5 Å². The molecular formula is C13H16FN3OS. The van der Waals surface area contributed by atoms with Gasteiger partial charge in [-0.15, -0.1) is 10.2 Å². The largest absolute Gasteiger partial charge is 0.496 e. The van der Waals surface area contributed by atoms with Gasteiger partial charge in [-0.2, -0.15) is 0 Å². The van der Waals surface area contributed by atoms with Crippen LogP contribution in [0.1, 0.15) is 30.5 Å². The third kappa shape index (κ3) is 3.01. The van der Waals surface area contributed by atoms with E-state index in [1.165, 1.54) is 24.5 Å². The molecule has 1 aromatic heterocycles. The molecule has 0 aliphatic rings. The summed E-state index contributed by atoms with van der Waals surface area (Å²) in [5.41, 5.74) is 0.498. The number of nitrogens with zero attached hydrogens (tertiary/aromatic N) is 2. The van der Waals surface area contributed by atoms with Gasteiger partial charge >= 0.3 is 0 Å². The van der Waals surface area contributed by atoms with Crippen molar-refractivity contribution in [2.24, 2.45) is 0 Å². The summed E-state index contributed by atoms with van der Waals surface area (Å²) in [7, 11) is 1.53. The number of aryl methyl sites for hydroxylation is 1. The van der Waals surface area contributed by atoms with Gasteiger partial charge < -0.3 is 10.1 Å². The summed E-state index contributed by atoms with van der Waals surface area (Å²) < 4.78 is 19.1. The monoisotopic (exact) mass is 281 g/mol. The van der Waals surface area contributed by atoms with Crippen molar-refractivity contribution in [1.29, 1.82) is 0 Å². The number of halogens is 1. The minimum Gasteiger partial charge on any atom is -0.496 e. The third-order valence-electron chi connectivity index (χ3n) is 2.78. The van der Waals surface area contributed by atoms with Crippen LogP contribution in [-0.4, -0.2) is 17.3 Å². The van der Waals surface area contributed by atoms with Gasteiger partial charge in [0.05, 0.1) is 18.7 Å². The Kier molecular flexibility index (Phi) is 4.31. The molecule has 0 saturated heterocycles. The number of ether oxygens (including phenoxy) is 1. The molecule has 0 aliphatic heterocycles. The van der Waals surface area contributed by atoms with Crippen LogP contribution in [0.3, 0.4) is 0 Å². The average Bonchev–Trinajstić information content (AvgIpc) is 2.85. The molecule has 1 atom stereocenters. The van der Waals surface area contributed by atoms with Crippen LogP contribution >= 0.6 is 11.3 Å². The Labute approximate surface area is 115 Å². The van der Waals surface area contributed by atoms with E-state index in [0.29, 0.717) is 16.4 Å². The lowest BCUT2D eigenvalue weighted by Gasteiger charge is -2.17. The second-order valence-electron chi connectivity index (χ2n) is 4.08. The van der Waals surface area contributed by atoms with Gasteiger partial charge in [-0.3, -0.25) is 0 Å². The SMILES string of the molecule is CCc1nnc(NC(C)c2c(F)cccc2OC)s1. The van der Waals surface area contributed by atoms with Gasteiger partial charge in [0.2, 0.25) is 5.13 Å². The van der Waals surface area contributed by atoms with Crippen LogP contribution < -0.4 is 10.1 Å². The van der Waals surface area contributed by atoms with E-state index in [-0.39, 0.29) is 11.9 Å². The van der Waals surface area contributed by atoms with Crippen LogP contribution in [0.25, 0.3) is 0 Å². The van der Waals surface area contributed by atoms with Crippen LogP contribution in [-0.2, 0) is 6.42 Å². The van der Waals surface area contributed by atoms with Gasteiger partial charge in [0.25, 0.3) is 0 Å². The summed E-state index contributed by atoms with van der Waals surface area (Å²) >= 11 is 1.48. The van der Waals surface area contributed by atoms with E-state index in [1.807, 2.05) is 13.8 Å². The number of hydrogen-bond donors (Lipinski definition) is 1. The van der Waals surface area contributed by atoms with Crippen LogP contribution in [0.2, 0.25) is 0 Å². The zero-order valence-corrected chi connectivity index (χ0v) is 11.9. The van der Waals surface area contributed by atoms with E-state index in [0.717, 1.165) is 11.4 Å². The Bertz CT molecular complexity index is 559. The predicted octanol–water partition coefficient (Wildman–Crippen LogP) is 3.42. The minimum atomic E-state index is -0.292. The van der Waals surface area contributed by atoms with Crippen molar-refractivity contribution in [3.05, 3.63) is 34.6 Å². The van der Waals surface area contributed by atoms with E-state index in [2.05, 4.69) is 15.5 Å². The molecule has 1 heterocycles. The lowest BCUT2D eigenvalue weighted by atomic mass is 10.1. The van der Waals surface area contributed by atoms with Crippen molar-refractivity contribution in [2.45, 2.75) is 26.3 Å². The second-order valence-corrected chi connectivity index (χ2v) is 5.14. The second kappa shape index (κ2) is 5.97. The summed E-state index contributed by atoms with van der Waals surface area (Å²) in [6, 6.07) is 4.56. The van der Waals surface area contributed by atoms with Crippen LogP contribution in [0, 0.1) is 5.82 Å². The standard InChI is InChI=1S/C13H16FN3OS/c1-4-11-16-17-13(19-11)15-8(2)12-9(14)6-5-7-10(12)18-3/h5-8H,4H2,1-3H3,(H,15,17). The number of hydrogen-bond acceptors (Lipinski definition) is 5. The molecule has 0 fully saturated rings. The number of anilines is 1. The molecular weight excluding hydrogens is 265 g/mol. The average molecular weight is 281 g/mol. The maximum Gasteiger partial charge on any atom is 0.206 e. The Balaban J connectivity index is 2.22. The highest BCUT2D eigenvalue weighted by Crippen LogP contribution is 2.30. The number of aromatic nitrogens is 2. The number of methoxy groups -OCH3 is 1. The van der Waals surface area contributed by atoms with Gasteiger partial charge in [-0.1, -0.05) is 24.3 Å². The highest BCUT2D eigenvalue weighted by atomic mass is 32.1. The fourth-order valence-corrected chi connectivity index (χ4v) is 2.59. The summed E-state index contributed by atoms with van der Waals surface area (Å²) in [5.74, 6) is 0.236. The van der Waals surface area contributed by atoms with Gasteiger partial charge in [0.15, 0.2) is 0 Å². The smallest absolute Gasteiger partial charge is 0.206 e. The highest BCUT2D eigenvalue weighted by molar-refractivity contribution is 7.15. The fourth-order valence-electron chi connectivity index (χ4n) is 1.83. The third-order valence-corrected chi connectivity index (χ3v) is 3.77. The molecule has 0 spiro atoms. The Morgan fingerprint density at radius 3 is 2.84 bits per heavy atom. The Morgan fingerprint density at radius 2 is 2.21 bits per heavy atom. The molecule has 102 valence electrons. The van der Waals surface area contributed by atoms with Gasteiger partial charge in [-0.05, 0) is 25.5 Å². The molecule has 1 unspecified atom stereocenters. The molecule has 2 rings (SSSR count). The molecule has 0 aliphatic carbocycles. The molecule has 0 saturated carbocycles. The van der Waals surface area contributed by atoms with Crippen molar-refractivity contribution in [3.8, 4) is 5.75 Å². The summed E-state index contributed by atoms with van der Waals surface area (Å²) in [6.07, 6.45) is 0.844. The van der Waals surface area contributed by atoms with E-state index < -0.39 is 0 Å². The van der Waals surface area contributed by atoms with E-state index in [1.54, 1.807) is 12.1 Å². The lowest BCUT2D eigenvalue weighted by molar-refractivity contribution is 0.402. The number of rotatable bonds is 5. The molecule has 0 radical (unpaired) electrons. The topological polar surface area (TPSA) is 47.0 Å². The van der Waals surface area contributed by atoms with Gasteiger partial charge in [-0.25, -0.2) is 4.39 Å². The number of nitrogens with one attached hydrogen (secondary N) is 1. The predicted molar refractivity (Wildman–Crippen MR) is 74.3 cm³/mol. The first-order valence-electron chi connectivity index (χ1n) is 6.07. The molecule has 1 aromatic carbocycles. The maximum absolute atomic E-state index is 13.9. The van der Waals surface area contributed by atoms with Crippen molar-refractivity contribution in [1.82, 2.24) is 10.2 Å². The van der Waals surface area contributed by atoms with Crippen LogP contribution in [0.15, 0.2) is 18.2 Å². The molecule has 6 heteroatoms. The van der Waals surface area contributed by atoms with Crippen molar-refractivity contribution in [2.75, 3.05) is 12.4 Å². The van der Waals surface area contributed by atoms with E-state index in [4.69, 9.17) is 4.74 Å². The summed E-state index contributed by atoms with van der Waals surface area (Å²) in [5, 5.41) is 12.9. The first kappa shape index (κ1) is 13.7. The van der Waals surface area contributed by atoms with Crippen LogP contribution in [0.5, 0.6) is 5.75 Å². The van der Waals surface area contributed by atoms with Crippen molar-refractivity contribution in [3.63, 3.8) is 0 Å². The highest BCUT2D eigenvalue weighted by Gasteiger charge is 2.17. The minimum absolute atomic E-state index is 0.242. The molecule has 4 nitrogen and oxygen atoms in total. The Morgan fingerprint density at radius 1 is 1.42 bits per heavy atom. The normalized spacial score (nSPS) is 12.2. The number of benzene rings is 1. The molecule has 2 aromatic rings. The maximum atomic E-state index is 13.9. The van der Waals surface area contributed by atoms with Gasteiger partial charge in [0.1, 0.15) is 16.6 Å².